The van der Waals surface area contributed by atoms with Crippen molar-refractivity contribution in [2.24, 2.45) is 0 Å². The highest BCUT2D eigenvalue weighted by molar-refractivity contribution is 6.30. The third kappa shape index (κ3) is 3.56. The van der Waals surface area contributed by atoms with Gasteiger partial charge in [0.05, 0.1) is 6.42 Å². The number of amides is 3. The normalized spacial score (nSPS) is 20.6. The van der Waals surface area contributed by atoms with E-state index in [0.717, 1.165) is 11.6 Å². The maximum absolute atomic E-state index is 13.4. The lowest BCUT2D eigenvalue weighted by Gasteiger charge is -2.22. The largest absolute Gasteiger partial charge is 0.372 e. The van der Waals surface area contributed by atoms with Gasteiger partial charge in [0.1, 0.15) is 5.82 Å². The molecule has 1 saturated heterocycles. The summed E-state index contributed by atoms with van der Waals surface area (Å²) in [5.41, 5.74) is 0.135. The van der Waals surface area contributed by atoms with Gasteiger partial charge in [0.15, 0.2) is 0 Å². The van der Waals surface area contributed by atoms with Crippen LogP contribution in [0.4, 0.5) is 15.8 Å². The average Bonchev–Trinajstić information content (AvgIpc) is 3.18. The van der Waals surface area contributed by atoms with Crippen molar-refractivity contribution < 1.29 is 23.9 Å². The quantitative estimate of drug-likeness (QED) is 0.660. The standard InChI is InChI=1S/C20H17ClFN3O4/c21-13-5-11(6-14(22)9-13)10-23-18(27)20(29)3-4-25(19(20)28)15-1-2-16-12(7-15)8-17(26)24-16/h1-2,5-7,9,29H,3-4,8,10H2,(H,23,27)(H,24,26)/t20-/m1/s1. The van der Waals surface area contributed by atoms with Crippen molar-refractivity contribution in [3.8, 4) is 0 Å². The maximum Gasteiger partial charge on any atom is 0.268 e. The zero-order valence-electron chi connectivity index (χ0n) is 15.2. The minimum atomic E-state index is -2.22. The molecule has 4 rings (SSSR count). The van der Waals surface area contributed by atoms with Crippen LogP contribution in [-0.2, 0) is 27.3 Å². The highest BCUT2D eigenvalue weighted by Gasteiger charge is 2.51. The SMILES string of the molecule is O=C1Cc2cc(N3CC[C@@](O)(C(=O)NCc4cc(F)cc(Cl)c4)C3=O)ccc2N1. The molecule has 9 heteroatoms. The number of hydrogen-bond donors (Lipinski definition) is 3. The number of fused-ring (bicyclic) bond motifs is 1. The van der Waals surface area contributed by atoms with Crippen molar-refractivity contribution in [1.29, 1.82) is 0 Å². The zero-order chi connectivity index (χ0) is 20.8. The van der Waals surface area contributed by atoms with Crippen molar-refractivity contribution in [1.82, 2.24) is 5.32 Å². The van der Waals surface area contributed by atoms with Gasteiger partial charge in [-0.3, -0.25) is 14.4 Å². The molecule has 0 bridgehead atoms. The van der Waals surface area contributed by atoms with Crippen LogP contribution in [0, 0.1) is 5.82 Å². The third-order valence-electron chi connectivity index (χ3n) is 5.07. The van der Waals surface area contributed by atoms with Gasteiger partial charge in [-0.2, -0.15) is 0 Å². The predicted molar refractivity (Wildman–Crippen MR) is 104 cm³/mol. The molecule has 0 radical (unpaired) electrons. The van der Waals surface area contributed by atoms with Crippen LogP contribution in [-0.4, -0.2) is 35.0 Å². The van der Waals surface area contributed by atoms with Gasteiger partial charge in [0.25, 0.3) is 11.8 Å². The number of benzene rings is 2. The summed E-state index contributed by atoms with van der Waals surface area (Å²) >= 11 is 5.79. The van der Waals surface area contributed by atoms with Crippen molar-refractivity contribution in [3.05, 3.63) is 58.4 Å². The van der Waals surface area contributed by atoms with E-state index in [1.165, 1.54) is 17.0 Å². The minimum absolute atomic E-state index is 0.0848. The van der Waals surface area contributed by atoms with Gasteiger partial charge in [-0.05, 0) is 47.5 Å². The fraction of sp³-hybridized carbons (Fsp3) is 0.250. The molecule has 0 saturated carbocycles. The fourth-order valence-electron chi connectivity index (χ4n) is 3.59. The predicted octanol–water partition coefficient (Wildman–Crippen LogP) is 1.76. The smallest absolute Gasteiger partial charge is 0.268 e. The molecule has 0 aromatic heterocycles. The van der Waals surface area contributed by atoms with E-state index in [4.69, 9.17) is 11.6 Å². The molecule has 0 aliphatic carbocycles. The van der Waals surface area contributed by atoms with E-state index >= 15 is 0 Å². The molecule has 2 aromatic rings. The summed E-state index contributed by atoms with van der Waals surface area (Å²) in [7, 11) is 0. The topological polar surface area (TPSA) is 98.7 Å². The van der Waals surface area contributed by atoms with E-state index < -0.39 is 23.2 Å². The highest BCUT2D eigenvalue weighted by Crippen LogP contribution is 2.33. The summed E-state index contributed by atoms with van der Waals surface area (Å²) in [5.74, 6) is -2.28. The minimum Gasteiger partial charge on any atom is -0.372 e. The Hall–Kier alpha value is -2.97. The Kier molecular flexibility index (Phi) is 4.76. The second-order valence-electron chi connectivity index (χ2n) is 7.09. The number of rotatable bonds is 4. The first kappa shape index (κ1) is 19.4. The van der Waals surface area contributed by atoms with Gasteiger partial charge >= 0.3 is 0 Å². The van der Waals surface area contributed by atoms with E-state index in [1.54, 1.807) is 18.2 Å². The molecule has 0 unspecified atom stereocenters. The van der Waals surface area contributed by atoms with Crippen LogP contribution in [0.5, 0.6) is 0 Å². The molecule has 2 aromatic carbocycles. The molecule has 3 amide bonds. The summed E-state index contributed by atoms with van der Waals surface area (Å²) in [6, 6.07) is 8.87. The third-order valence-corrected chi connectivity index (χ3v) is 5.29. The van der Waals surface area contributed by atoms with Gasteiger partial charge in [0, 0.05) is 35.9 Å². The first-order valence-corrected chi connectivity index (χ1v) is 9.34. The van der Waals surface area contributed by atoms with Gasteiger partial charge in [-0.25, -0.2) is 4.39 Å². The second kappa shape index (κ2) is 7.13. The van der Waals surface area contributed by atoms with Gasteiger partial charge < -0.3 is 20.6 Å². The number of anilines is 2. The van der Waals surface area contributed by atoms with Gasteiger partial charge in [-0.15, -0.1) is 0 Å². The van der Waals surface area contributed by atoms with Crippen LogP contribution in [0.25, 0.3) is 0 Å². The van der Waals surface area contributed by atoms with Crippen LogP contribution >= 0.6 is 11.6 Å². The van der Waals surface area contributed by atoms with Crippen molar-refractivity contribution in [3.63, 3.8) is 0 Å². The number of carbonyl (C=O) groups excluding carboxylic acids is 3. The maximum atomic E-state index is 13.4. The molecule has 2 heterocycles. The van der Waals surface area contributed by atoms with E-state index in [1.807, 2.05) is 0 Å². The van der Waals surface area contributed by atoms with Crippen molar-refractivity contribution in [2.75, 3.05) is 16.8 Å². The Bertz CT molecular complexity index is 1020. The summed E-state index contributed by atoms with van der Waals surface area (Å²) in [4.78, 5) is 38.2. The van der Waals surface area contributed by atoms with E-state index in [0.29, 0.717) is 16.9 Å². The Balaban J connectivity index is 1.47. The Morgan fingerprint density at radius 3 is 2.83 bits per heavy atom. The molecule has 2 aliphatic rings. The lowest BCUT2D eigenvalue weighted by molar-refractivity contribution is -0.149. The monoisotopic (exact) mass is 417 g/mol. The zero-order valence-corrected chi connectivity index (χ0v) is 15.9. The van der Waals surface area contributed by atoms with Crippen LogP contribution in [0.1, 0.15) is 17.5 Å². The Morgan fingerprint density at radius 1 is 1.28 bits per heavy atom. The highest BCUT2D eigenvalue weighted by atomic mass is 35.5. The van der Waals surface area contributed by atoms with Crippen LogP contribution in [0.3, 0.4) is 0 Å². The van der Waals surface area contributed by atoms with Crippen LogP contribution < -0.4 is 15.5 Å². The van der Waals surface area contributed by atoms with Crippen LogP contribution in [0.2, 0.25) is 5.02 Å². The second-order valence-corrected chi connectivity index (χ2v) is 7.53. The molecule has 150 valence electrons. The lowest BCUT2D eigenvalue weighted by atomic mass is 10.0. The number of halogens is 2. The van der Waals surface area contributed by atoms with Crippen molar-refractivity contribution in [2.45, 2.75) is 25.0 Å². The molecule has 0 spiro atoms. The summed E-state index contributed by atoms with van der Waals surface area (Å²) < 4.78 is 13.4. The lowest BCUT2D eigenvalue weighted by Crippen LogP contribution is -2.52. The molecule has 1 atom stereocenters. The van der Waals surface area contributed by atoms with Crippen molar-refractivity contribution >= 4 is 40.7 Å². The summed E-state index contributed by atoms with van der Waals surface area (Å²) in [6.07, 6.45) is 0.127. The Labute approximate surface area is 170 Å². The molecular formula is C20H17ClFN3O4. The Morgan fingerprint density at radius 2 is 2.07 bits per heavy atom. The number of aliphatic hydroxyl groups is 1. The molecular weight excluding hydrogens is 401 g/mol. The molecule has 1 fully saturated rings. The van der Waals surface area contributed by atoms with Crippen LogP contribution in [0.15, 0.2) is 36.4 Å². The number of hydrogen-bond acceptors (Lipinski definition) is 4. The van der Waals surface area contributed by atoms with E-state index in [2.05, 4.69) is 10.6 Å². The average molecular weight is 418 g/mol. The van der Waals surface area contributed by atoms with Gasteiger partial charge in [-0.1, -0.05) is 11.6 Å². The first-order valence-electron chi connectivity index (χ1n) is 8.97. The molecule has 29 heavy (non-hydrogen) atoms. The molecule has 3 N–H and O–H groups in total. The first-order chi connectivity index (χ1) is 13.8. The fourth-order valence-corrected chi connectivity index (χ4v) is 3.83. The molecule has 2 aliphatic heterocycles. The van der Waals surface area contributed by atoms with E-state index in [-0.39, 0.29) is 36.9 Å². The van der Waals surface area contributed by atoms with E-state index in [9.17, 15) is 23.9 Å². The van der Waals surface area contributed by atoms with Gasteiger partial charge in [0.2, 0.25) is 11.5 Å². The summed E-state index contributed by atoms with van der Waals surface area (Å²) in [6.45, 7) is 0.0627. The number of carbonyl (C=O) groups is 3. The number of nitrogens with one attached hydrogen (secondary N) is 2. The summed E-state index contributed by atoms with van der Waals surface area (Å²) in [5, 5.41) is 16.1. The molecule has 7 nitrogen and oxygen atoms in total. The number of nitrogens with zero attached hydrogens (tertiary/aromatic N) is 1.